The number of hydrogen-bond acceptors (Lipinski definition) is 1. The molecular formula is C13H13BrN2O. The molecule has 2 rings (SSSR count). The number of nitrogens with one attached hydrogen (secondary N) is 1. The van der Waals surface area contributed by atoms with Crippen molar-refractivity contribution in [2.24, 2.45) is 7.05 Å². The third-order valence-electron chi connectivity index (χ3n) is 2.60. The maximum atomic E-state index is 12.0. The van der Waals surface area contributed by atoms with E-state index in [2.05, 4.69) is 21.2 Å². The molecule has 1 heterocycles. The third kappa shape index (κ3) is 2.58. The van der Waals surface area contributed by atoms with Crippen molar-refractivity contribution in [2.45, 2.75) is 6.92 Å². The lowest BCUT2D eigenvalue weighted by Gasteiger charge is -2.08. The molecule has 0 aliphatic heterocycles. The molecule has 1 aromatic carbocycles. The Morgan fingerprint density at radius 3 is 2.65 bits per heavy atom. The van der Waals surface area contributed by atoms with E-state index in [1.54, 1.807) is 10.6 Å². The van der Waals surface area contributed by atoms with Crippen molar-refractivity contribution in [3.8, 4) is 0 Å². The van der Waals surface area contributed by atoms with E-state index in [-0.39, 0.29) is 5.91 Å². The Morgan fingerprint density at radius 1 is 1.35 bits per heavy atom. The van der Waals surface area contributed by atoms with Gasteiger partial charge in [0.05, 0.1) is 0 Å². The maximum absolute atomic E-state index is 12.0. The summed E-state index contributed by atoms with van der Waals surface area (Å²) in [4.78, 5) is 12.0. The maximum Gasteiger partial charge on any atom is 0.272 e. The number of para-hydroxylation sites is 1. The van der Waals surface area contributed by atoms with Crippen LogP contribution in [0, 0.1) is 6.92 Å². The van der Waals surface area contributed by atoms with E-state index in [9.17, 15) is 4.79 Å². The fourth-order valence-corrected chi connectivity index (χ4v) is 2.17. The van der Waals surface area contributed by atoms with Crippen LogP contribution in [0.15, 0.2) is 41.0 Å². The van der Waals surface area contributed by atoms with E-state index in [4.69, 9.17) is 0 Å². The molecule has 4 heteroatoms. The largest absolute Gasteiger partial charge is 0.345 e. The van der Waals surface area contributed by atoms with E-state index < -0.39 is 0 Å². The quantitative estimate of drug-likeness (QED) is 0.905. The van der Waals surface area contributed by atoms with Gasteiger partial charge in [0.1, 0.15) is 5.69 Å². The van der Waals surface area contributed by atoms with Crippen LogP contribution in [-0.4, -0.2) is 10.5 Å². The Bertz CT molecular complexity index is 560. The van der Waals surface area contributed by atoms with Crippen LogP contribution in [-0.2, 0) is 7.05 Å². The van der Waals surface area contributed by atoms with Gasteiger partial charge in [-0.25, -0.2) is 0 Å². The number of halogens is 1. The first-order valence-corrected chi connectivity index (χ1v) is 6.06. The number of aromatic nitrogens is 1. The number of carbonyl (C=O) groups is 1. The zero-order valence-electron chi connectivity index (χ0n) is 9.70. The third-order valence-corrected chi connectivity index (χ3v) is 3.03. The number of benzene rings is 1. The Labute approximate surface area is 109 Å². The van der Waals surface area contributed by atoms with Crippen molar-refractivity contribution in [1.29, 1.82) is 0 Å². The molecule has 0 spiro atoms. The summed E-state index contributed by atoms with van der Waals surface area (Å²) in [5, 5.41) is 2.90. The van der Waals surface area contributed by atoms with Crippen LogP contribution < -0.4 is 5.32 Å². The molecule has 0 aliphatic carbocycles. The van der Waals surface area contributed by atoms with Gasteiger partial charge in [-0.2, -0.15) is 0 Å². The summed E-state index contributed by atoms with van der Waals surface area (Å²) in [5.41, 5.74) is 2.52. The summed E-state index contributed by atoms with van der Waals surface area (Å²) in [5.74, 6) is -0.104. The summed E-state index contributed by atoms with van der Waals surface area (Å²) >= 11 is 3.35. The van der Waals surface area contributed by atoms with Crippen LogP contribution in [0.4, 0.5) is 5.69 Å². The highest BCUT2D eigenvalue weighted by atomic mass is 79.9. The smallest absolute Gasteiger partial charge is 0.272 e. The summed E-state index contributed by atoms with van der Waals surface area (Å²) in [6.45, 7) is 1.97. The molecular weight excluding hydrogens is 280 g/mol. The second kappa shape index (κ2) is 4.75. The molecule has 17 heavy (non-hydrogen) atoms. The molecule has 0 aliphatic rings. The first-order chi connectivity index (χ1) is 8.08. The predicted molar refractivity (Wildman–Crippen MR) is 72.2 cm³/mol. The van der Waals surface area contributed by atoms with Crippen molar-refractivity contribution >= 4 is 27.5 Å². The van der Waals surface area contributed by atoms with Crippen molar-refractivity contribution in [2.75, 3.05) is 5.32 Å². The highest BCUT2D eigenvalue weighted by Crippen LogP contribution is 2.17. The number of anilines is 1. The lowest BCUT2D eigenvalue weighted by molar-refractivity contribution is 0.101. The molecule has 1 aromatic heterocycles. The van der Waals surface area contributed by atoms with Crippen LogP contribution in [0.3, 0.4) is 0 Å². The minimum absolute atomic E-state index is 0.104. The number of nitrogens with zero attached hydrogens (tertiary/aromatic N) is 1. The molecule has 0 radical (unpaired) electrons. The Balaban J connectivity index is 2.23. The molecule has 2 aromatic rings. The first kappa shape index (κ1) is 11.9. The average Bonchev–Trinajstić information content (AvgIpc) is 2.61. The normalized spacial score (nSPS) is 10.3. The fourth-order valence-electron chi connectivity index (χ4n) is 1.65. The van der Waals surface area contributed by atoms with Crippen LogP contribution in [0.1, 0.15) is 16.1 Å². The minimum atomic E-state index is -0.104. The number of amides is 1. The van der Waals surface area contributed by atoms with E-state index in [0.717, 1.165) is 15.7 Å². The number of rotatable bonds is 2. The fraction of sp³-hybridized carbons (Fsp3) is 0.154. The summed E-state index contributed by atoms with van der Waals surface area (Å²) in [7, 11) is 1.84. The average molecular weight is 293 g/mol. The van der Waals surface area contributed by atoms with Gasteiger partial charge < -0.3 is 9.88 Å². The highest BCUT2D eigenvalue weighted by molar-refractivity contribution is 9.10. The standard InChI is InChI=1S/C13H13BrN2O/c1-9-5-3-4-6-11(9)15-13(17)12-7-10(14)8-16(12)2/h3-8H,1-2H3,(H,15,17). The van der Waals surface area contributed by atoms with Crippen LogP contribution in [0.5, 0.6) is 0 Å². The monoisotopic (exact) mass is 292 g/mol. The summed E-state index contributed by atoms with van der Waals surface area (Å²) in [6, 6.07) is 9.52. The lowest BCUT2D eigenvalue weighted by Crippen LogP contribution is -2.15. The van der Waals surface area contributed by atoms with Gasteiger partial charge >= 0.3 is 0 Å². The molecule has 0 saturated carbocycles. The van der Waals surface area contributed by atoms with Crippen LogP contribution >= 0.6 is 15.9 Å². The van der Waals surface area contributed by atoms with Gasteiger partial charge in [0.2, 0.25) is 0 Å². The molecule has 1 N–H and O–H groups in total. The van der Waals surface area contributed by atoms with Crippen molar-refractivity contribution in [3.63, 3.8) is 0 Å². The lowest BCUT2D eigenvalue weighted by atomic mass is 10.2. The Hall–Kier alpha value is -1.55. The zero-order valence-corrected chi connectivity index (χ0v) is 11.3. The Kier molecular flexibility index (Phi) is 3.33. The van der Waals surface area contributed by atoms with Gasteiger partial charge in [-0.15, -0.1) is 0 Å². The van der Waals surface area contributed by atoms with Crippen molar-refractivity contribution in [3.05, 3.63) is 52.3 Å². The molecule has 0 atom stereocenters. The zero-order chi connectivity index (χ0) is 12.4. The topological polar surface area (TPSA) is 34.0 Å². The van der Waals surface area contributed by atoms with Crippen molar-refractivity contribution < 1.29 is 4.79 Å². The molecule has 0 unspecified atom stereocenters. The summed E-state index contributed by atoms with van der Waals surface area (Å²) < 4.78 is 2.69. The van der Waals surface area contributed by atoms with E-state index >= 15 is 0 Å². The Morgan fingerprint density at radius 2 is 2.06 bits per heavy atom. The SMILES string of the molecule is Cc1ccccc1NC(=O)c1cc(Br)cn1C. The number of hydrogen-bond donors (Lipinski definition) is 1. The van der Waals surface area contributed by atoms with Gasteiger partial charge in [0.15, 0.2) is 0 Å². The van der Waals surface area contributed by atoms with E-state index in [1.807, 2.05) is 44.4 Å². The van der Waals surface area contributed by atoms with Crippen LogP contribution in [0.2, 0.25) is 0 Å². The summed E-state index contributed by atoms with van der Waals surface area (Å²) in [6.07, 6.45) is 1.85. The second-order valence-corrected chi connectivity index (χ2v) is 4.84. The predicted octanol–water partition coefficient (Wildman–Crippen LogP) is 3.35. The number of aryl methyl sites for hydroxylation is 2. The number of carbonyl (C=O) groups excluding carboxylic acids is 1. The van der Waals surface area contributed by atoms with Crippen LogP contribution in [0.25, 0.3) is 0 Å². The molecule has 0 fully saturated rings. The highest BCUT2D eigenvalue weighted by Gasteiger charge is 2.11. The second-order valence-electron chi connectivity index (χ2n) is 3.92. The first-order valence-electron chi connectivity index (χ1n) is 5.27. The molecule has 1 amide bonds. The van der Waals surface area contributed by atoms with Crippen molar-refractivity contribution in [1.82, 2.24) is 4.57 Å². The molecule has 0 bridgehead atoms. The van der Waals surface area contributed by atoms with Gasteiger partial charge in [-0.05, 0) is 40.5 Å². The van der Waals surface area contributed by atoms with E-state index in [1.165, 1.54) is 0 Å². The van der Waals surface area contributed by atoms with Gasteiger partial charge in [0, 0.05) is 23.4 Å². The van der Waals surface area contributed by atoms with Gasteiger partial charge in [0.25, 0.3) is 5.91 Å². The molecule has 3 nitrogen and oxygen atoms in total. The van der Waals surface area contributed by atoms with Gasteiger partial charge in [-0.1, -0.05) is 18.2 Å². The minimum Gasteiger partial charge on any atom is -0.345 e. The van der Waals surface area contributed by atoms with Gasteiger partial charge in [-0.3, -0.25) is 4.79 Å². The molecule has 0 saturated heterocycles. The van der Waals surface area contributed by atoms with E-state index in [0.29, 0.717) is 5.69 Å². The molecule has 88 valence electrons.